The summed E-state index contributed by atoms with van der Waals surface area (Å²) in [7, 11) is 0. The zero-order valence-corrected chi connectivity index (χ0v) is 15.8. The highest BCUT2D eigenvalue weighted by molar-refractivity contribution is 8.26. The fourth-order valence-corrected chi connectivity index (χ4v) is 3.82. The van der Waals surface area contributed by atoms with Crippen molar-refractivity contribution in [2.24, 2.45) is 0 Å². The Balaban J connectivity index is 1.64. The lowest BCUT2D eigenvalue weighted by atomic mass is 10.1. The van der Waals surface area contributed by atoms with Crippen LogP contribution in [0.15, 0.2) is 53.4 Å². The molecule has 128 valence electrons. The number of rotatable bonds is 5. The lowest BCUT2D eigenvalue weighted by Gasteiger charge is -2.09. The van der Waals surface area contributed by atoms with Gasteiger partial charge in [-0.2, -0.15) is 0 Å². The smallest absolute Gasteiger partial charge is 0.266 e. The molecule has 1 fully saturated rings. The molecular weight excluding hydrogens is 350 g/mol. The number of carbonyl (C=O) groups is 1. The van der Waals surface area contributed by atoms with Crippen LogP contribution in [0, 0.1) is 6.92 Å². The summed E-state index contributed by atoms with van der Waals surface area (Å²) in [5, 5.41) is 0. The molecule has 0 aliphatic carbocycles. The number of hydrogen-bond acceptors (Lipinski definition) is 4. The van der Waals surface area contributed by atoms with Crippen LogP contribution < -0.4 is 4.74 Å². The van der Waals surface area contributed by atoms with E-state index < -0.39 is 0 Å². The lowest BCUT2D eigenvalue weighted by Crippen LogP contribution is -2.27. The Labute approximate surface area is 157 Å². The number of amides is 1. The van der Waals surface area contributed by atoms with Gasteiger partial charge in [0, 0.05) is 6.54 Å². The molecule has 1 heterocycles. The summed E-state index contributed by atoms with van der Waals surface area (Å²) in [6.45, 7) is 5.13. The second-order valence-electron chi connectivity index (χ2n) is 5.77. The van der Waals surface area contributed by atoms with Crippen LogP contribution >= 0.6 is 24.0 Å². The standard InChI is InChI=1S/C20H19NO2S2/c1-3-21-19(22)18(25-20(21)24)12-15-8-10-17(11-9-15)23-13-16-6-4-14(2)5-7-16/h4-12H,3,13H2,1-2H3/b18-12+. The molecule has 0 spiro atoms. The maximum atomic E-state index is 12.2. The van der Waals surface area contributed by atoms with Crippen molar-refractivity contribution in [2.75, 3.05) is 6.54 Å². The topological polar surface area (TPSA) is 29.5 Å². The molecule has 5 heteroatoms. The minimum Gasteiger partial charge on any atom is -0.489 e. The van der Waals surface area contributed by atoms with E-state index in [1.54, 1.807) is 4.90 Å². The molecule has 0 bridgehead atoms. The Morgan fingerprint density at radius 1 is 1.12 bits per heavy atom. The number of likely N-dealkylation sites (N-methyl/N-ethyl adjacent to an activating group) is 1. The monoisotopic (exact) mass is 369 g/mol. The van der Waals surface area contributed by atoms with Gasteiger partial charge in [-0.15, -0.1) is 0 Å². The van der Waals surface area contributed by atoms with Gasteiger partial charge in [0.2, 0.25) is 0 Å². The lowest BCUT2D eigenvalue weighted by molar-refractivity contribution is -0.121. The number of aryl methyl sites for hydroxylation is 1. The van der Waals surface area contributed by atoms with E-state index in [-0.39, 0.29) is 5.91 Å². The summed E-state index contributed by atoms with van der Waals surface area (Å²) in [5.74, 6) is 0.788. The molecule has 1 aliphatic rings. The van der Waals surface area contributed by atoms with Gasteiger partial charge in [-0.25, -0.2) is 0 Å². The summed E-state index contributed by atoms with van der Waals surface area (Å²) < 4.78 is 6.43. The van der Waals surface area contributed by atoms with Crippen molar-refractivity contribution >= 4 is 40.3 Å². The van der Waals surface area contributed by atoms with Crippen LogP contribution in [0.25, 0.3) is 6.08 Å². The molecule has 0 aromatic heterocycles. The fraction of sp³-hybridized carbons (Fsp3) is 0.200. The minimum absolute atomic E-state index is 0.0165. The average Bonchev–Trinajstić information content (AvgIpc) is 2.88. The predicted octanol–water partition coefficient (Wildman–Crippen LogP) is 4.80. The average molecular weight is 370 g/mol. The first-order valence-electron chi connectivity index (χ1n) is 8.10. The molecule has 3 rings (SSSR count). The second-order valence-corrected chi connectivity index (χ2v) is 7.45. The minimum atomic E-state index is -0.0165. The van der Waals surface area contributed by atoms with E-state index in [2.05, 4.69) is 31.2 Å². The zero-order chi connectivity index (χ0) is 17.8. The molecule has 3 nitrogen and oxygen atoms in total. The highest BCUT2D eigenvalue weighted by Crippen LogP contribution is 2.32. The van der Waals surface area contributed by atoms with Gasteiger partial charge in [-0.1, -0.05) is 65.9 Å². The van der Waals surface area contributed by atoms with Gasteiger partial charge >= 0.3 is 0 Å². The third kappa shape index (κ3) is 4.30. The first-order valence-corrected chi connectivity index (χ1v) is 9.33. The number of thioether (sulfide) groups is 1. The largest absolute Gasteiger partial charge is 0.489 e. The Bertz CT molecular complexity index is 811. The summed E-state index contributed by atoms with van der Waals surface area (Å²) in [4.78, 5) is 14.5. The molecule has 1 saturated heterocycles. The zero-order valence-electron chi connectivity index (χ0n) is 14.2. The van der Waals surface area contributed by atoms with Gasteiger partial charge < -0.3 is 4.74 Å². The molecule has 0 saturated carbocycles. The van der Waals surface area contributed by atoms with E-state index in [0.29, 0.717) is 22.4 Å². The van der Waals surface area contributed by atoms with E-state index in [9.17, 15) is 4.79 Å². The summed E-state index contributed by atoms with van der Waals surface area (Å²) in [6, 6.07) is 16.0. The van der Waals surface area contributed by atoms with Crippen molar-refractivity contribution in [3.8, 4) is 5.75 Å². The van der Waals surface area contributed by atoms with E-state index in [4.69, 9.17) is 17.0 Å². The van der Waals surface area contributed by atoms with Gasteiger partial charge in [-0.05, 0) is 43.2 Å². The number of nitrogens with zero attached hydrogens (tertiary/aromatic N) is 1. The van der Waals surface area contributed by atoms with Crippen LogP contribution in [0.1, 0.15) is 23.6 Å². The molecular formula is C20H19NO2S2. The maximum absolute atomic E-state index is 12.2. The molecule has 1 amide bonds. The first-order chi connectivity index (χ1) is 12.1. The highest BCUT2D eigenvalue weighted by Gasteiger charge is 2.30. The summed E-state index contributed by atoms with van der Waals surface area (Å²) in [6.07, 6.45) is 1.87. The molecule has 0 unspecified atom stereocenters. The highest BCUT2D eigenvalue weighted by atomic mass is 32.2. The van der Waals surface area contributed by atoms with Crippen LogP contribution in [0.4, 0.5) is 0 Å². The van der Waals surface area contributed by atoms with Crippen molar-refractivity contribution in [3.63, 3.8) is 0 Å². The molecule has 0 N–H and O–H groups in total. The number of thiocarbonyl (C=S) groups is 1. The predicted molar refractivity (Wildman–Crippen MR) is 108 cm³/mol. The van der Waals surface area contributed by atoms with Crippen molar-refractivity contribution < 1.29 is 9.53 Å². The van der Waals surface area contributed by atoms with Crippen LogP contribution in [0.2, 0.25) is 0 Å². The molecule has 0 atom stereocenters. The Kier molecular flexibility index (Phi) is 5.56. The second kappa shape index (κ2) is 7.85. The van der Waals surface area contributed by atoms with E-state index in [1.165, 1.54) is 17.3 Å². The molecule has 2 aromatic carbocycles. The number of hydrogen-bond donors (Lipinski definition) is 0. The summed E-state index contributed by atoms with van der Waals surface area (Å²) >= 11 is 6.58. The van der Waals surface area contributed by atoms with Gasteiger partial charge in [0.05, 0.1) is 4.91 Å². The van der Waals surface area contributed by atoms with Crippen molar-refractivity contribution in [3.05, 3.63) is 70.1 Å². The van der Waals surface area contributed by atoms with Crippen molar-refractivity contribution in [1.82, 2.24) is 4.90 Å². The SMILES string of the molecule is CCN1C(=O)/C(=C\c2ccc(OCc3ccc(C)cc3)cc2)SC1=S. The fourth-order valence-electron chi connectivity index (χ4n) is 2.44. The van der Waals surface area contributed by atoms with Crippen molar-refractivity contribution in [1.29, 1.82) is 0 Å². The van der Waals surface area contributed by atoms with Gasteiger partial charge in [0.15, 0.2) is 0 Å². The van der Waals surface area contributed by atoms with Gasteiger partial charge in [-0.3, -0.25) is 9.69 Å². The van der Waals surface area contributed by atoms with Gasteiger partial charge in [0.25, 0.3) is 5.91 Å². The number of carbonyl (C=O) groups excluding carboxylic acids is 1. The van der Waals surface area contributed by atoms with E-state index in [1.807, 2.05) is 37.3 Å². The normalized spacial score (nSPS) is 15.9. The third-order valence-electron chi connectivity index (χ3n) is 3.89. The first kappa shape index (κ1) is 17.7. The van der Waals surface area contributed by atoms with Crippen LogP contribution in [0.3, 0.4) is 0 Å². The molecule has 25 heavy (non-hydrogen) atoms. The summed E-state index contributed by atoms with van der Waals surface area (Å²) in [5.41, 5.74) is 3.33. The van der Waals surface area contributed by atoms with Crippen LogP contribution in [-0.2, 0) is 11.4 Å². The number of benzene rings is 2. The third-order valence-corrected chi connectivity index (χ3v) is 5.27. The van der Waals surface area contributed by atoms with Crippen LogP contribution in [-0.4, -0.2) is 21.7 Å². The molecule has 1 aliphatic heterocycles. The maximum Gasteiger partial charge on any atom is 0.266 e. The molecule has 2 aromatic rings. The van der Waals surface area contributed by atoms with Crippen LogP contribution in [0.5, 0.6) is 5.75 Å². The van der Waals surface area contributed by atoms with Crippen molar-refractivity contribution in [2.45, 2.75) is 20.5 Å². The quantitative estimate of drug-likeness (QED) is 0.559. The van der Waals surface area contributed by atoms with E-state index >= 15 is 0 Å². The Hall–Kier alpha value is -2.11. The Morgan fingerprint density at radius 2 is 1.80 bits per heavy atom. The molecule has 0 radical (unpaired) electrons. The van der Waals surface area contributed by atoms with Gasteiger partial charge in [0.1, 0.15) is 16.7 Å². The van der Waals surface area contributed by atoms with E-state index in [0.717, 1.165) is 16.9 Å². The Morgan fingerprint density at radius 3 is 2.40 bits per heavy atom. The number of ether oxygens (including phenoxy) is 1.